The molecule has 4 rings (SSSR count). The number of fused-ring (bicyclic) bond motifs is 3. The van der Waals surface area contributed by atoms with Crippen LogP contribution in [0.5, 0.6) is 0 Å². The number of rotatable bonds is 5. The van der Waals surface area contributed by atoms with Crippen molar-refractivity contribution in [1.29, 1.82) is 0 Å². The molecule has 0 saturated heterocycles. The number of amides is 1. The van der Waals surface area contributed by atoms with E-state index in [9.17, 15) is 4.79 Å². The lowest BCUT2D eigenvalue weighted by Gasteiger charge is -2.14. The van der Waals surface area contributed by atoms with Crippen LogP contribution in [0.4, 0.5) is 5.82 Å². The smallest absolute Gasteiger partial charge is 0.240 e. The van der Waals surface area contributed by atoms with Gasteiger partial charge in [-0.15, -0.1) is 0 Å². The molecule has 2 aromatic heterocycles. The number of benzene rings is 2. The van der Waals surface area contributed by atoms with E-state index in [1.54, 1.807) is 0 Å². The Balaban J connectivity index is 1.50. The average Bonchev–Trinajstić information content (AvgIpc) is 3.17. The van der Waals surface area contributed by atoms with Crippen LogP contribution in [0.1, 0.15) is 18.0 Å². The van der Waals surface area contributed by atoms with Crippen molar-refractivity contribution in [3.63, 3.8) is 0 Å². The van der Waals surface area contributed by atoms with Crippen LogP contribution in [-0.4, -0.2) is 15.3 Å². The molecule has 6 nitrogen and oxygen atoms in total. The van der Waals surface area contributed by atoms with E-state index in [-0.39, 0.29) is 18.4 Å². The number of nitrogens with zero attached hydrogens (tertiary/aromatic N) is 2. The van der Waals surface area contributed by atoms with Gasteiger partial charge in [-0.05, 0) is 29.8 Å². The van der Waals surface area contributed by atoms with Crippen molar-refractivity contribution in [2.24, 2.45) is 5.73 Å². The summed E-state index contributed by atoms with van der Waals surface area (Å²) in [6, 6.07) is 21.0. The molecular weight excluding hydrogens is 326 g/mol. The Bertz CT molecular complexity index is 1060. The van der Waals surface area contributed by atoms with E-state index in [0.717, 1.165) is 22.1 Å². The lowest BCUT2D eigenvalue weighted by molar-refractivity contribution is -0.120. The second-order valence-corrected chi connectivity index (χ2v) is 6.11. The third kappa shape index (κ3) is 3.10. The Hall–Kier alpha value is -3.38. The predicted molar refractivity (Wildman–Crippen MR) is 102 cm³/mol. The van der Waals surface area contributed by atoms with Crippen LogP contribution >= 0.6 is 0 Å². The van der Waals surface area contributed by atoms with Gasteiger partial charge in [0.15, 0.2) is 5.82 Å². The first-order valence-electron chi connectivity index (χ1n) is 8.43. The molecule has 6 heteroatoms. The second kappa shape index (κ2) is 6.85. The van der Waals surface area contributed by atoms with Crippen LogP contribution in [0.25, 0.3) is 16.6 Å². The fourth-order valence-electron chi connectivity index (χ4n) is 3.01. The van der Waals surface area contributed by atoms with Gasteiger partial charge in [0.25, 0.3) is 0 Å². The molecule has 2 heterocycles. The van der Waals surface area contributed by atoms with E-state index < -0.39 is 0 Å². The van der Waals surface area contributed by atoms with Gasteiger partial charge in [-0.3, -0.25) is 15.6 Å². The van der Waals surface area contributed by atoms with Gasteiger partial charge in [-0.25, -0.2) is 4.98 Å². The number of hydrogen-bond donors (Lipinski definition) is 3. The van der Waals surface area contributed by atoms with Crippen LogP contribution in [0.3, 0.4) is 0 Å². The maximum atomic E-state index is 12.2. The molecule has 0 bridgehead atoms. The number of carbonyl (C=O) groups is 1. The molecule has 0 spiro atoms. The van der Waals surface area contributed by atoms with Gasteiger partial charge >= 0.3 is 0 Å². The average molecular weight is 345 g/mol. The number of para-hydroxylation sites is 2. The first kappa shape index (κ1) is 16.1. The lowest BCUT2D eigenvalue weighted by atomic mass is 10.0. The highest BCUT2D eigenvalue weighted by Crippen LogP contribution is 2.21. The largest absolute Gasteiger partial charge is 0.324 e. The molecule has 0 fully saturated rings. The first-order chi connectivity index (χ1) is 12.7. The molecule has 0 aliphatic rings. The van der Waals surface area contributed by atoms with Crippen LogP contribution < -0.4 is 16.6 Å². The second-order valence-electron chi connectivity index (χ2n) is 6.11. The zero-order valence-electron chi connectivity index (χ0n) is 14.1. The molecule has 1 atom stereocenters. The molecule has 0 radical (unpaired) electrons. The van der Waals surface area contributed by atoms with Crippen molar-refractivity contribution in [1.82, 2.24) is 14.8 Å². The van der Waals surface area contributed by atoms with Gasteiger partial charge in [0.2, 0.25) is 5.91 Å². The predicted octanol–water partition coefficient (Wildman–Crippen LogP) is 3.02. The third-order valence-corrected chi connectivity index (χ3v) is 4.32. The number of nitrogens with two attached hydrogens (primary N) is 1. The van der Waals surface area contributed by atoms with Crippen molar-refractivity contribution in [2.45, 2.75) is 12.5 Å². The van der Waals surface area contributed by atoms with Crippen molar-refractivity contribution < 1.29 is 4.79 Å². The fourth-order valence-corrected chi connectivity index (χ4v) is 3.01. The van der Waals surface area contributed by atoms with Crippen LogP contribution in [0, 0.1) is 0 Å². The number of aromatic nitrogens is 2. The molecule has 0 saturated carbocycles. The summed E-state index contributed by atoms with van der Waals surface area (Å²) in [4.78, 5) is 16.9. The van der Waals surface area contributed by atoms with E-state index in [0.29, 0.717) is 5.82 Å². The number of hydrazine groups is 1. The summed E-state index contributed by atoms with van der Waals surface area (Å²) in [6.07, 6.45) is 2.15. The number of nitrogens with one attached hydrogen (secondary N) is 2. The Morgan fingerprint density at radius 1 is 1.00 bits per heavy atom. The molecule has 26 heavy (non-hydrogen) atoms. The fraction of sp³-hybridized carbons (Fsp3) is 0.100. The van der Waals surface area contributed by atoms with Crippen molar-refractivity contribution in [2.75, 3.05) is 5.43 Å². The first-order valence-corrected chi connectivity index (χ1v) is 8.43. The van der Waals surface area contributed by atoms with E-state index in [2.05, 4.69) is 15.8 Å². The van der Waals surface area contributed by atoms with E-state index in [4.69, 9.17) is 5.73 Å². The Labute approximate surface area is 150 Å². The number of carbonyl (C=O) groups excluding carboxylic acids is 1. The molecule has 130 valence electrons. The van der Waals surface area contributed by atoms with Gasteiger partial charge in [-0.2, -0.15) is 0 Å². The topological polar surface area (TPSA) is 84.5 Å². The van der Waals surface area contributed by atoms with E-state index in [1.165, 1.54) is 0 Å². The normalized spacial score (nSPS) is 12.2. The van der Waals surface area contributed by atoms with Crippen molar-refractivity contribution >= 4 is 28.3 Å². The minimum absolute atomic E-state index is 0.182. The molecule has 1 unspecified atom stereocenters. The quantitative estimate of drug-likeness (QED) is 0.486. The molecule has 4 N–H and O–H groups in total. The summed E-state index contributed by atoms with van der Waals surface area (Å²) >= 11 is 0. The molecular formula is C20H19N5O. The highest BCUT2D eigenvalue weighted by Gasteiger charge is 2.12. The molecule has 4 aromatic rings. The van der Waals surface area contributed by atoms with Crippen molar-refractivity contribution in [3.05, 3.63) is 78.5 Å². The Morgan fingerprint density at radius 2 is 1.73 bits per heavy atom. The Kier molecular flexibility index (Phi) is 4.25. The van der Waals surface area contributed by atoms with Crippen LogP contribution in [0.15, 0.2) is 72.9 Å². The molecule has 1 amide bonds. The summed E-state index contributed by atoms with van der Waals surface area (Å²) in [6.45, 7) is 0. The number of anilines is 1. The third-order valence-electron chi connectivity index (χ3n) is 4.32. The summed E-state index contributed by atoms with van der Waals surface area (Å²) in [5.74, 6) is 0.399. The minimum Gasteiger partial charge on any atom is -0.324 e. The zero-order valence-corrected chi connectivity index (χ0v) is 14.1. The lowest BCUT2D eigenvalue weighted by Crippen LogP contribution is -2.32. The summed E-state index contributed by atoms with van der Waals surface area (Å²) < 4.78 is 2.03. The van der Waals surface area contributed by atoms with Crippen LogP contribution in [0.2, 0.25) is 0 Å². The van der Waals surface area contributed by atoms with Gasteiger partial charge in [0.05, 0.1) is 16.6 Å². The van der Waals surface area contributed by atoms with Crippen LogP contribution in [-0.2, 0) is 4.79 Å². The van der Waals surface area contributed by atoms with Gasteiger partial charge in [0, 0.05) is 18.7 Å². The Morgan fingerprint density at radius 3 is 2.58 bits per heavy atom. The van der Waals surface area contributed by atoms with E-state index >= 15 is 0 Å². The minimum atomic E-state index is -0.351. The molecule has 0 aliphatic heterocycles. The molecule has 2 aromatic carbocycles. The van der Waals surface area contributed by atoms with Crippen molar-refractivity contribution in [3.8, 4) is 0 Å². The molecule has 0 aliphatic carbocycles. The summed E-state index contributed by atoms with van der Waals surface area (Å²) in [7, 11) is 0. The van der Waals surface area contributed by atoms with E-state index in [1.807, 2.05) is 77.3 Å². The van der Waals surface area contributed by atoms with Gasteiger partial charge < -0.3 is 10.1 Å². The highest BCUT2D eigenvalue weighted by atomic mass is 16.2. The summed E-state index contributed by atoms with van der Waals surface area (Å²) in [5, 5.41) is 0. The number of hydrogen-bond acceptors (Lipinski definition) is 4. The van der Waals surface area contributed by atoms with Gasteiger partial charge in [-0.1, -0.05) is 42.5 Å². The monoisotopic (exact) mass is 345 g/mol. The standard InChI is InChI=1S/C20H19N5O/c21-15(14-7-2-1-3-8-14)13-19(26)23-24-20-18-11-6-12-25(18)17-10-5-4-9-16(17)22-20/h1-12,15H,13,21H2,(H,22,24)(H,23,26). The zero-order chi connectivity index (χ0) is 17.9. The summed E-state index contributed by atoms with van der Waals surface area (Å²) in [5.41, 5.74) is 15.4. The van der Waals surface area contributed by atoms with Gasteiger partial charge in [0.1, 0.15) is 0 Å². The SMILES string of the molecule is NC(CC(=O)NNc1nc2ccccc2n2cccc12)c1ccccc1. The maximum absolute atomic E-state index is 12.2. The highest BCUT2D eigenvalue weighted by molar-refractivity contribution is 5.86. The maximum Gasteiger partial charge on any atom is 0.240 e.